The molecule has 0 spiro atoms. The second kappa shape index (κ2) is 9.72. The third kappa shape index (κ3) is 5.68. The monoisotopic (exact) mass is 386 g/mol. The van der Waals surface area contributed by atoms with Gasteiger partial charge in [-0.25, -0.2) is 4.79 Å². The minimum atomic E-state index is -0.607. The average Bonchev–Trinajstić information content (AvgIpc) is 2.77. The van der Waals surface area contributed by atoms with Crippen molar-refractivity contribution in [3.8, 4) is 11.8 Å². The molecule has 0 aliphatic rings. The van der Waals surface area contributed by atoms with Crippen LogP contribution in [-0.2, 0) is 16.1 Å². The van der Waals surface area contributed by atoms with Gasteiger partial charge < -0.3 is 14.8 Å². The van der Waals surface area contributed by atoms with Gasteiger partial charge in [0.1, 0.15) is 18.4 Å². The van der Waals surface area contributed by atoms with Crippen molar-refractivity contribution in [1.82, 2.24) is 0 Å². The van der Waals surface area contributed by atoms with Gasteiger partial charge in [-0.2, -0.15) is 5.26 Å². The van der Waals surface area contributed by atoms with Crippen LogP contribution in [0.3, 0.4) is 0 Å². The molecule has 6 heteroatoms. The highest BCUT2D eigenvalue weighted by molar-refractivity contribution is 5.96. The fraction of sp³-hybridized carbons (Fsp3) is 0.0870. The molecule has 29 heavy (non-hydrogen) atoms. The van der Waals surface area contributed by atoms with Crippen LogP contribution in [0.2, 0.25) is 0 Å². The number of carbonyl (C=O) groups is 2. The van der Waals surface area contributed by atoms with E-state index < -0.39 is 18.5 Å². The van der Waals surface area contributed by atoms with E-state index in [4.69, 9.17) is 14.7 Å². The molecule has 0 aliphatic carbocycles. The van der Waals surface area contributed by atoms with Crippen LogP contribution in [0.1, 0.15) is 21.5 Å². The number of rotatable bonds is 7. The number of esters is 1. The van der Waals surface area contributed by atoms with E-state index >= 15 is 0 Å². The Morgan fingerprint density at radius 2 is 1.59 bits per heavy atom. The van der Waals surface area contributed by atoms with E-state index in [1.807, 2.05) is 36.4 Å². The van der Waals surface area contributed by atoms with Gasteiger partial charge in [0.15, 0.2) is 6.61 Å². The predicted molar refractivity (Wildman–Crippen MR) is 107 cm³/mol. The number of anilines is 1. The first kappa shape index (κ1) is 19.6. The molecule has 6 nitrogen and oxygen atoms in total. The molecule has 1 amide bonds. The van der Waals surface area contributed by atoms with Crippen LogP contribution in [0.4, 0.5) is 5.69 Å². The molecule has 144 valence electrons. The van der Waals surface area contributed by atoms with Gasteiger partial charge in [-0.05, 0) is 42.0 Å². The lowest BCUT2D eigenvalue weighted by atomic mass is 10.1. The maximum atomic E-state index is 12.1. The normalized spacial score (nSPS) is 9.90. The molecule has 0 bridgehead atoms. The van der Waals surface area contributed by atoms with Crippen LogP contribution in [0.25, 0.3) is 0 Å². The highest BCUT2D eigenvalue weighted by Gasteiger charge is 2.12. The minimum absolute atomic E-state index is 0.332. The van der Waals surface area contributed by atoms with Crippen LogP contribution in [0, 0.1) is 11.3 Å². The van der Waals surface area contributed by atoms with Gasteiger partial charge in [0.05, 0.1) is 16.8 Å². The number of hydrogen-bond donors (Lipinski definition) is 1. The molecular formula is C23H18N2O4. The first-order valence-electron chi connectivity index (χ1n) is 8.88. The SMILES string of the molecule is N#Cc1ccccc1NC(=O)COC(=O)c1ccc(COc2ccccc2)cc1. The van der Waals surface area contributed by atoms with Crippen LogP contribution in [-0.4, -0.2) is 18.5 Å². The Morgan fingerprint density at radius 1 is 0.897 bits per heavy atom. The quantitative estimate of drug-likeness (QED) is 0.622. The molecule has 3 aromatic carbocycles. The second-order valence-electron chi connectivity index (χ2n) is 6.08. The molecule has 0 heterocycles. The van der Waals surface area contributed by atoms with Crippen molar-refractivity contribution in [3.05, 3.63) is 95.6 Å². The Hall–Kier alpha value is -4.11. The van der Waals surface area contributed by atoms with Gasteiger partial charge in [-0.1, -0.05) is 42.5 Å². The van der Waals surface area contributed by atoms with Crippen molar-refractivity contribution < 1.29 is 19.1 Å². The maximum Gasteiger partial charge on any atom is 0.338 e. The molecule has 0 radical (unpaired) electrons. The van der Waals surface area contributed by atoms with E-state index in [2.05, 4.69) is 5.32 Å². The summed E-state index contributed by atoms with van der Waals surface area (Å²) in [7, 11) is 0. The van der Waals surface area contributed by atoms with Crippen molar-refractivity contribution in [2.75, 3.05) is 11.9 Å². The largest absolute Gasteiger partial charge is 0.489 e. The number of carbonyl (C=O) groups excluding carboxylic acids is 2. The predicted octanol–water partition coefficient (Wildman–Crippen LogP) is 3.93. The van der Waals surface area contributed by atoms with Crippen molar-refractivity contribution in [2.45, 2.75) is 6.61 Å². The van der Waals surface area contributed by atoms with Crippen molar-refractivity contribution in [2.24, 2.45) is 0 Å². The molecule has 0 unspecified atom stereocenters. The molecule has 0 atom stereocenters. The number of benzene rings is 3. The molecule has 3 aromatic rings. The molecule has 3 rings (SSSR count). The molecule has 0 saturated carbocycles. The summed E-state index contributed by atoms with van der Waals surface area (Å²) in [5, 5.41) is 11.6. The van der Waals surface area contributed by atoms with Crippen LogP contribution in [0.5, 0.6) is 5.75 Å². The van der Waals surface area contributed by atoms with Crippen molar-refractivity contribution >= 4 is 17.6 Å². The van der Waals surface area contributed by atoms with Gasteiger partial charge in [0.25, 0.3) is 5.91 Å². The number of nitrogens with one attached hydrogen (secondary N) is 1. The highest BCUT2D eigenvalue weighted by atomic mass is 16.5. The summed E-state index contributed by atoms with van der Waals surface area (Å²) in [5.74, 6) is -0.363. The molecule has 0 aliphatic heterocycles. The molecule has 0 saturated heterocycles. The van der Waals surface area contributed by atoms with E-state index in [9.17, 15) is 9.59 Å². The average molecular weight is 386 g/mol. The minimum Gasteiger partial charge on any atom is -0.489 e. The third-order valence-electron chi connectivity index (χ3n) is 3.99. The summed E-state index contributed by atoms with van der Waals surface area (Å²) in [6.45, 7) is -0.0719. The second-order valence-corrected chi connectivity index (χ2v) is 6.08. The van der Waals surface area contributed by atoms with Gasteiger partial charge in [0, 0.05) is 0 Å². The third-order valence-corrected chi connectivity index (χ3v) is 3.99. The topological polar surface area (TPSA) is 88.4 Å². The fourth-order valence-corrected chi connectivity index (χ4v) is 2.51. The number of nitriles is 1. The van der Waals surface area contributed by atoms with E-state index in [0.717, 1.165) is 11.3 Å². The van der Waals surface area contributed by atoms with Gasteiger partial charge in [0.2, 0.25) is 0 Å². The summed E-state index contributed by atoms with van der Waals surface area (Å²) in [6, 6.07) is 24.8. The van der Waals surface area contributed by atoms with Gasteiger partial charge in [-0.15, -0.1) is 0 Å². The number of ether oxygens (including phenoxy) is 2. The number of amides is 1. The Kier molecular flexibility index (Phi) is 6.58. The number of hydrogen-bond acceptors (Lipinski definition) is 5. The Bertz CT molecular complexity index is 1020. The van der Waals surface area contributed by atoms with Crippen molar-refractivity contribution in [1.29, 1.82) is 5.26 Å². The standard InChI is InChI=1S/C23H18N2O4/c24-14-19-6-4-5-9-21(19)25-22(26)16-29-23(27)18-12-10-17(11-13-18)15-28-20-7-2-1-3-8-20/h1-13H,15-16H2,(H,25,26). The van der Waals surface area contributed by atoms with Gasteiger partial charge >= 0.3 is 5.97 Å². The smallest absolute Gasteiger partial charge is 0.338 e. The lowest BCUT2D eigenvalue weighted by Crippen LogP contribution is -2.21. The van der Waals surface area contributed by atoms with Crippen LogP contribution >= 0.6 is 0 Å². The maximum absolute atomic E-state index is 12.1. The molecular weight excluding hydrogens is 368 g/mol. The van der Waals surface area contributed by atoms with E-state index in [1.54, 1.807) is 48.5 Å². The molecule has 1 N–H and O–H groups in total. The number of para-hydroxylation sites is 2. The van der Waals surface area contributed by atoms with E-state index in [0.29, 0.717) is 23.4 Å². The van der Waals surface area contributed by atoms with E-state index in [-0.39, 0.29) is 0 Å². The zero-order valence-corrected chi connectivity index (χ0v) is 15.5. The Morgan fingerprint density at radius 3 is 2.31 bits per heavy atom. The summed E-state index contributed by atoms with van der Waals surface area (Å²) in [6.07, 6.45) is 0. The molecule has 0 aromatic heterocycles. The van der Waals surface area contributed by atoms with Gasteiger partial charge in [-0.3, -0.25) is 4.79 Å². The zero-order chi connectivity index (χ0) is 20.5. The van der Waals surface area contributed by atoms with Crippen LogP contribution in [0.15, 0.2) is 78.9 Å². The summed E-state index contributed by atoms with van der Waals surface area (Å²) in [5.41, 5.74) is 1.94. The Labute approximate surface area is 168 Å². The summed E-state index contributed by atoms with van der Waals surface area (Å²) in [4.78, 5) is 24.1. The Balaban J connectivity index is 1.49. The van der Waals surface area contributed by atoms with E-state index in [1.165, 1.54) is 0 Å². The van der Waals surface area contributed by atoms with Crippen molar-refractivity contribution in [3.63, 3.8) is 0 Å². The van der Waals surface area contributed by atoms with Crippen LogP contribution < -0.4 is 10.1 Å². The number of nitrogens with zero attached hydrogens (tertiary/aromatic N) is 1. The molecule has 0 fully saturated rings. The zero-order valence-electron chi connectivity index (χ0n) is 15.5. The lowest BCUT2D eigenvalue weighted by Gasteiger charge is -2.09. The first-order valence-corrected chi connectivity index (χ1v) is 8.88. The summed E-state index contributed by atoms with van der Waals surface area (Å²) >= 11 is 0. The fourth-order valence-electron chi connectivity index (χ4n) is 2.51. The summed E-state index contributed by atoms with van der Waals surface area (Å²) < 4.78 is 10.7. The first-order chi connectivity index (χ1) is 14.2. The lowest BCUT2D eigenvalue weighted by molar-refractivity contribution is -0.119. The highest BCUT2D eigenvalue weighted by Crippen LogP contribution is 2.14.